The molecule has 6 nitrogen and oxygen atoms in total. The van der Waals surface area contributed by atoms with E-state index in [9.17, 15) is 4.79 Å². The predicted molar refractivity (Wildman–Crippen MR) is 60.4 cm³/mol. The summed E-state index contributed by atoms with van der Waals surface area (Å²) in [6.07, 6.45) is 1.58. The largest absolute Gasteiger partial charge is 0.478 e. The lowest BCUT2D eigenvalue weighted by molar-refractivity contribution is -0.121. The van der Waals surface area contributed by atoms with Crippen LogP contribution >= 0.6 is 0 Å². The van der Waals surface area contributed by atoms with Crippen molar-refractivity contribution >= 4 is 11.9 Å². The third-order valence-corrected chi connectivity index (χ3v) is 1.91. The average molecular weight is 224 g/mol. The lowest BCUT2D eigenvalue weighted by Crippen LogP contribution is -2.35. The topological polar surface area (TPSA) is 76.1 Å². The summed E-state index contributed by atoms with van der Waals surface area (Å²) in [6, 6.07) is 1.28. The van der Waals surface area contributed by atoms with Crippen molar-refractivity contribution in [3.63, 3.8) is 0 Å². The second kappa shape index (κ2) is 5.89. The monoisotopic (exact) mass is 224 g/mol. The summed E-state index contributed by atoms with van der Waals surface area (Å²) in [6.45, 7) is 4.15. The first-order chi connectivity index (χ1) is 7.67. The fourth-order valence-electron chi connectivity index (χ4n) is 1.12. The van der Waals surface area contributed by atoms with Gasteiger partial charge in [-0.25, -0.2) is 4.98 Å². The van der Waals surface area contributed by atoms with Gasteiger partial charge in [-0.2, -0.15) is 4.98 Å². The number of nitrogens with one attached hydrogen (secondary N) is 2. The molecule has 1 atom stereocenters. The highest BCUT2D eigenvalue weighted by atomic mass is 16.5. The minimum atomic E-state index is -0.387. The second-order valence-corrected chi connectivity index (χ2v) is 3.13. The molecule has 1 unspecified atom stereocenters. The van der Waals surface area contributed by atoms with E-state index in [0.29, 0.717) is 18.4 Å². The summed E-state index contributed by atoms with van der Waals surface area (Å²) in [5.74, 6) is 0.747. The van der Waals surface area contributed by atoms with Crippen molar-refractivity contribution in [2.45, 2.75) is 19.9 Å². The molecule has 2 N–H and O–H groups in total. The maximum absolute atomic E-state index is 11.3. The molecule has 1 heterocycles. The summed E-state index contributed by atoms with van der Waals surface area (Å²) in [4.78, 5) is 19.4. The molecular formula is C10H16N4O2. The Bertz CT molecular complexity index is 356. The highest BCUT2D eigenvalue weighted by Gasteiger charge is 2.11. The van der Waals surface area contributed by atoms with Gasteiger partial charge < -0.3 is 15.4 Å². The smallest absolute Gasteiger partial charge is 0.242 e. The van der Waals surface area contributed by atoms with E-state index < -0.39 is 0 Å². The van der Waals surface area contributed by atoms with Crippen LogP contribution in [0.1, 0.15) is 13.8 Å². The van der Waals surface area contributed by atoms with Crippen molar-refractivity contribution in [2.75, 3.05) is 19.0 Å². The van der Waals surface area contributed by atoms with Gasteiger partial charge in [0, 0.05) is 19.3 Å². The van der Waals surface area contributed by atoms with Gasteiger partial charge in [-0.15, -0.1) is 0 Å². The van der Waals surface area contributed by atoms with Crippen LogP contribution in [0.15, 0.2) is 12.3 Å². The zero-order chi connectivity index (χ0) is 12.0. The Balaban J connectivity index is 2.66. The van der Waals surface area contributed by atoms with E-state index in [1.165, 1.54) is 0 Å². The Kier molecular flexibility index (Phi) is 4.50. The van der Waals surface area contributed by atoms with E-state index in [-0.39, 0.29) is 11.9 Å². The van der Waals surface area contributed by atoms with Gasteiger partial charge >= 0.3 is 0 Å². The molecule has 0 bridgehead atoms. The van der Waals surface area contributed by atoms with E-state index in [2.05, 4.69) is 20.6 Å². The first-order valence-electron chi connectivity index (χ1n) is 5.11. The summed E-state index contributed by atoms with van der Waals surface area (Å²) in [5.41, 5.74) is 0. The Morgan fingerprint density at radius 2 is 2.38 bits per heavy atom. The molecule has 1 amide bonds. The van der Waals surface area contributed by atoms with Crippen molar-refractivity contribution in [2.24, 2.45) is 0 Å². The van der Waals surface area contributed by atoms with E-state index >= 15 is 0 Å². The van der Waals surface area contributed by atoms with Crippen LogP contribution < -0.4 is 15.4 Å². The van der Waals surface area contributed by atoms with Crippen molar-refractivity contribution in [1.29, 1.82) is 0 Å². The molecule has 0 fully saturated rings. The van der Waals surface area contributed by atoms with Crippen LogP contribution in [0.4, 0.5) is 5.95 Å². The van der Waals surface area contributed by atoms with Crippen molar-refractivity contribution in [3.05, 3.63) is 12.3 Å². The lowest BCUT2D eigenvalue weighted by atomic mass is 10.3. The minimum absolute atomic E-state index is 0.120. The number of nitrogens with zero attached hydrogens (tertiary/aromatic N) is 2. The Labute approximate surface area is 94.4 Å². The number of rotatable bonds is 5. The van der Waals surface area contributed by atoms with Crippen LogP contribution in [0.2, 0.25) is 0 Å². The molecule has 88 valence electrons. The van der Waals surface area contributed by atoms with Crippen LogP contribution in [-0.4, -0.2) is 35.6 Å². The number of aromatic nitrogens is 2. The van der Waals surface area contributed by atoms with Crippen LogP contribution in [0, 0.1) is 0 Å². The van der Waals surface area contributed by atoms with Gasteiger partial charge in [0.2, 0.25) is 17.7 Å². The summed E-state index contributed by atoms with van der Waals surface area (Å²) in [5, 5.41) is 5.41. The maximum Gasteiger partial charge on any atom is 0.242 e. The van der Waals surface area contributed by atoms with Crippen LogP contribution in [0.3, 0.4) is 0 Å². The number of amides is 1. The molecule has 0 saturated carbocycles. The lowest BCUT2D eigenvalue weighted by Gasteiger charge is -2.12. The van der Waals surface area contributed by atoms with Gasteiger partial charge in [0.1, 0.15) is 6.04 Å². The summed E-state index contributed by atoms with van der Waals surface area (Å²) < 4.78 is 5.22. The van der Waals surface area contributed by atoms with Gasteiger partial charge in [0.05, 0.1) is 6.61 Å². The van der Waals surface area contributed by atoms with Gasteiger partial charge in [0.25, 0.3) is 0 Å². The molecule has 0 aromatic carbocycles. The molecule has 16 heavy (non-hydrogen) atoms. The fraction of sp³-hybridized carbons (Fsp3) is 0.500. The average Bonchev–Trinajstić information content (AvgIpc) is 2.29. The van der Waals surface area contributed by atoms with Crippen LogP contribution in [-0.2, 0) is 4.79 Å². The van der Waals surface area contributed by atoms with Crippen molar-refractivity contribution in [1.82, 2.24) is 15.3 Å². The first kappa shape index (κ1) is 12.2. The Morgan fingerprint density at radius 1 is 1.62 bits per heavy atom. The van der Waals surface area contributed by atoms with Crippen LogP contribution in [0.25, 0.3) is 0 Å². The molecule has 1 aromatic heterocycles. The number of ether oxygens (including phenoxy) is 1. The van der Waals surface area contributed by atoms with Gasteiger partial charge in [-0.3, -0.25) is 4.79 Å². The van der Waals surface area contributed by atoms with Gasteiger partial charge in [-0.05, 0) is 13.8 Å². The molecule has 0 aliphatic rings. The molecular weight excluding hydrogens is 208 g/mol. The number of carbonyl (C=O) groups is 1. The number of hydrogen-bond donors (Lipinski definition) is 2. The molecule has 0 radical (unpaired) electrons. The number of likely N-dealkylation sites (N-methyl/N-ethyl adjacent to an activating group) is 1. The third-order valence-electron chi connectivity index (χ3n) is 1.91. The van der Waals surface area contributed by atoms with E-state index in [0.717, 1.165) is 0 Å². The molecule has 0 spiro atoms. The zero-order valence-corrected chi connectivity index (χ0v) is 9.65. The van der Waals surface area contributed by atoms with Gasteiger partial charge in [0.15, 0.2) is 0 Å². The highest BCUT2D eigenvalue weighted by Crippen LogP contribution is 2.08. The Hall–Kier alpha value is -1.85. The molecule has 6 heteroatoms. The quantitative estimate of drug-likeness (QED) is 0.758. The number of anilines is 1. The number of hydrogen-bond acceptors (Lipinski definition) is 5. The van der Waals surface area contributed by atoms with Gasteiger partial charge in [-0.1, -0.05) is 0 Å². The minimum Gasteiger partial charge on any atom is -0.478 e. The second-order valence-electron chi connectivity index (χ2n) is 3.13. The highest BCUT2D eigenvalue weighted by molar-refractivity contribution is 5.83. The standard InChI is InChI=1S/C10H16N4O2/c1-4-16-8-5-6-12-10(14-8)13-7(2)9(15)11-3/h5-7H,4H2,1-3H3,(H,11,15)(H,12,13,14). The number of carbonyl (C=O) groups excluding carboxylic acids is 1. The van der Waals surface area contributed by atoms with E-state index in [1.54, 1.807) is 26.2 Å². The predicted octanol–water partition coefficient (Wildman–Crippen LogP) is 0.422. The molecule has 0 aliphatic heterocycles. The SMILES string of the molecule is CCOc1ccnc(NC(C)C(=O)NC)n1. The Morgan fingerprint density at radius 3 is 3.00 bits per heavy atom. The summed E-state index contributed by atoms with van der Waals surface area (Å²) >= 11 is 0. The summed E-state index contributed by atoms with van der Waals surface area (Å²) in [7, 11) is 1.58. The molecule has 0 saturated heterocycles. The van der Waals surface area contributed by atoms with Crippen molar-refractivity contribution < 1.29 is 9.53 Å². The zero-order valence-electron chi connectivity index (χ0n) is 9.65. The molecule has 1 rings (SSSR count). The van der Waals surface area contributed by atoms with E-state index in [1.807, 2.05) is 6.92 Å². The fourth-order valence-corrected chi connectivity index (χ4v) is 1.12. The van der Waals surface area contributed by atoms with E-state index in [4.69, 9.17) is 4.74 Å². The maximum atomic E-state index is 11.3. The first-order valence-corrected chi connectivity index (χ1v) is 5.11. The van der Waals surface area contributed by atoms with Crippen LogP contribution in [0.5, 0.6) is 5.88 Å². The third kappa shape index (κ3) is 3.38. The van der Waals surface area contributed by atoms with Crippen molar-refractivity contribution in [3.8, 4) is 5.88 Å². The normalized spacial score (nSPS) is 11.7. The molecule has 0 aliphatic carbocycles. The molecule has 1 aromatic rings.